The molecule has 1 N–H and O–H groups in total. The molecule has 0 saturated heterocycles. The molecule has 0 unspecified atom stereocenters. The fourth-order valence-corrected chi connectivity index (χ4v) is 2.15. The largest absolute Gasteiger partial charge is 0.391 e. The molecule has 112 valence electrons. The van der Waals surface area contributed by atoms with Crippen molar-refractivity contribution < 1.29 is 22.8 Å². The van der Waals surface area contributed by atoms with Gasteiger partial charge in [0.15, 0.2) is 17.4 Å². The Balaban J connectivity index is 2.10. The predicted molar refractivity (Wildman–Crippen MR) is 73.2 cm³/mol. The Hall–Kier alpha value is -2.60. The molecule has 0 aliphatic rings. The fourth-order valence-electron chi connectivity index (χ4n) is 2.15. The van der Waals surface area contributed by atoms with Crippen molar-refractivity contribution in [1.29, 1.82) is 0 Å². The van der Waals surface area contributed by atoms with E-state index in [1.807, 2.05) is 0 Å². The van der Waals surface area contributed by atoms with Crippen molar-refractivity contribution in [3.63, 3.8) is 0 Å². The summed E-state index contributed by atoms with van der Waals surface area (Å²) in [7, 11) is 0. The van der Waals surface area contributed by atoms with E-state index in [1.165, 1.54) is 30.3 Å². The highest BCUT2D eigenvalue weighted by molar-refractivity contribution is 5.72. The lowest BCUT2D eigenvalue weighted by Gasteiger charge is -2.02. The zero-order chi connectivity index (χ0) is 15.7. The van der Waals surface area contributed by atoms with Crippen LogP contribution in [0.2, 0.25) is 0 Å². The highest BCUT2D eigenvalue weighted by Crippen LogP contribution is 2.32. The number of rotatable bonds is 3. The lowest BCUT2D eigenvalue weighted by molar-refractivity contribution is 0.281. The smallest absolute Gasteiger partial charge is 0.173 e. The van der Waals surface area contributed by atoms with Crippen molar-refractivity contribution in [2.75, 3.05) is 0 Å². The Morgan fingerprint density at radius 3 is 2.23 bits per heavy atom. The first kappa shape index (κ1) is 14.3. The summed E-state index contributed by atoms with van der Waals surface area (Å²) in [4.78, 5) is 0. The maximum absolute atomic E-state index is 13.3. The Labute approximate surface area is 123 Å². The normalized spacial score (nSPS) is 10.9. The van der Waals surface area contributed by atoms with E-state index in [4.69, 9.17) is 4.52 Å². The van der Waals surface area contributed by atoms with Crippen molar-refractivity contribution in [2.24, 2.45) is 0 Å². The lowest BCUT2D eigenvalue weighted by Crippen LogP contribution is -1.91. The Bertz CT molecular complexity index is 813. The van der Waals surface area contributed by atoms with E-state index in [0.717, 1.165) is 12.1 Å². The van der Waals surface area contributed by atoms with Gasteiger partial charge in [-0.1, -0.05) is 5.16 Å². The molecule has 6 heteroatoms. The molecule has 0 spiro atoms. The lowest BCUT2D eigenvalue weighted by atomic mass is 10.0. The van der Waals surface area contributed by atoms with Gasteiger partial charge in [-0.3, -0.25) is 0 Å². The first-order valence-electron chi connectivity index (χ1n) is 6.41. The number of benzene rings is 2. The van der Waals surface area contributed by atoms with Crippen LogP contribution in [-0.4, -0.2) is 10.3 Å². The molecule has 3 aromatic rings. The summed E-state index contributed by atoms with van der Waals surface area (Å²) in [6, 6.07) is 8.73. The molecule has 0 bridgehead atoms. The third-order valence-electron chi connectivity index (χ3n) is 3.25. The summed E-state index contributed by atoms with van der Waals surface area (Å²) in [6.45, 7) is -0.412. The maximum atomic E-state index is 13.3. The minimum Gasteiger partial charge on any atom is -0.391 e. The number of halogens is 3. The maximum Gasteiger partial charge on any atom is 0.173 e. The molecule has 0 saturated carbocycles. The van der Waals surface area contributed by atoms with Gasteiger partial charge in [0.1, 0.15) is 11.5 Å². The van der Waals surface area contributed by atoms with Crippen molar-refractivity contribution in [1.82, 2.24) is 5.16 Å². The van der Waals surface area contributed by atoms with E-state index in [9.17, 15) is 18.3 Å². The van der Waals surface area contributed by atoms with Gasteiger partial charge in [-0.2, -0.15) is 0 Å². The molecular formula is C16H10F3NO2. The topological polar surface area (TPSA) is 46.3 Å². The van der Waals surface area contributed by atoms with Gasteiger partial charge >= 0.3 is 0 Å². The van der Waals surface area contributed by atoms with Crippen LogP contribution in [0.25, 0.3) is 22.6 Å². The number of aliphatic hydroxyl groups excluding tert-OH is 1. The molecule has 0 aliphatic heterocycles. The first-order chi connectivity index (χ1) is 10.6. The average Bonchev–Trinajstić information content (AvgIpc) is 2.94. The van der Waals surface area contributed by atoms with Gasteiger partial charge < -0.3 is 9.63 Å². The minimum atomic E-state index is -1.03. The second kappa shape index (κ2) is 5.65. The van der Waals surface area contributed by atoms with Gasteiger partial charge in [0, 0.05) is 11.1 Å². The Morgan fingerprint density at radius 2 is 1.59 bits per heavy atom. The molecule has 1 heterocycles. The Morgan fingerprint density at radius 1 is 0.909 bits per heavy atom. The number of aliphatic hydroxyl groups is 1. The van der Waals surface area contributed by atoms with Crippen molar-refractivity contribution in [2.45, 2.75) is 6.61 Å². The summed E-state index contributed by atoms with van der Waals surface area (Å²) in [5.41, 5.74) is 1.44. The van der Waals surface area contributed by atoms with Crippen LogP contribution in [-0.2, 0) is 6.61 Å². The van der Waals surface area contributed by atoms with E-state index in [2.05, 4.69) is 5.16 Å². The summed E-state index contributed by atoms with van der Waals surface area (Å²) in [6.07, 6.45) is 0. The monoisotopic (exact) mass is 305 g/mol. The molecule has 22 heavy (non-hydrogen) atoms. The first-order valence-corrected chi connectivity index (χ1v) is 6.41. The third-order valence-corrected chi connectivity index (χ3v) is 3.25. The van der Waals surface area contributed by atoms with Crippen LogP contribution >= 0.6 is 0 Å². The van der Waals surface area contributed by atoms with E-state index >= 15 is 0 Å². The highest BCUT2D eigenvalue weighted by Gasteiger charge is 2.19. The second-order valence-electron chi connectivity index (χ2n) is 4.63. The molecule has 0 fully saturated rings. The number of aromatic nitrogens is 1. The van der Waals surface area contributed by atoms with Crippen molar-refractivity contribution in [3.8, 4) is 22.6 Å². The molecule has 0 amide bonds. The molecule has 0 atom stereocenters. The van der Waals surface area contributed by atoms with Crippen LogP contribution in [0.15, 0.2) is 47.0 Å². The van der Waals surface area contributed by atoms with Crippen molar-refractivity contribution >= 4 is 0 Å². The quantitative estimate of drug-likeness (QED) is 0.798. The SMILES string of the molecule is OCc1c(-c2ccc(F)cc2)noc1-c1ccc(F)c(F)c1. The predicted octanol–water partition coefficient (Wildman–Crippen LogP) is 3.92. The molecule has 2 aromatic carbocycles. The van der Waals surface area contributed by atoms with Crippen LogP contribution in [0.4, 0.5) is 13.2 Å². The van der Waals surface area contributed by atoms with Gasteiger partial charge in [-0.05, 0) is 42.5 Å². The van der Waals surface area contributed by atoms with Gasteiger partial charge in [0.25, 0.3) is 0 Å². The molecular weight excluding hydrogens is 295 g/mol. The molecule has 1 aromatic heterocycles. The number of hydrogen-bond acceptors (Lipinski definition) is 3. The average molecular weight is 305 g/mol. The van der Waals surface area contributed by atoms with Crippen LogP contribution < -0.4 is 0 Å². The van der Waals surface area contributed by atoms with Crippen LogP contribution in [0.1, 0.15) is 5.56 Å². The number of hydrogen-bond donors (Lipinski definition) is 1. The molecule has 0 radical (unpaired) electrons. The van der Waals surface area contributed by atoms with Gasteiger partial charge in [0.05, 0.1) is 12.2 Å². The standard InChI is InChI=1S/C16H10F3NO2/c17-11-4-1-9(2-5-11)15-12(8-21)16(22-20-15)10-3-6-13(18)14(19)7-10/h1-7,21H,8H2. The van der Waals surface area contributed by atoms with Gasteiger partial charge in [0.2, 0.25) is 0 Å². The minimum absolute atomic E-state index is 0.140. The van der Waals surface area contributed by atoms with Crippen LogP contribution in [0.3, 0.4) is 0 Å². The van der Waals surface area contributed by atoms with E-state index in [0.29, 0.717) is 16.8 Å². The number of nitrogens with zero attached hydrogens (tertiary/aromatic N) is 1. The summed E-state index contributed by atoms with van der Waals surface area (Å²) in [5.74, 6) is -2.27. The molecule has 3 rings (SSSR count). The van der Waals surface area contributed by atoms with Crippen molar-refractivity contribution in [3.05, 3.63) is 65.5 Å². The van der Waals surface area contributed by atoms with Crippen LogP contribution in [0, 0.1) is 17.5 Å². The van der Waals surface area contributed by atoms with E-state index < -0.39 is 24.1 Å². The van der Waals surface area contributed by atoms with Gasteiger partial charge in [-0.15, -0.1) is 0 Å². The van der Waals surface area contributed by atoms with E-state index in [1.54, 1.807) is 0 Å². The zero-order valence-corrected chi connectivity index (χ0v) is 11.2. The molecule has 0 aliphatic carbocycles. The second-order valence-corrected chi connectivity index (χ2v) is 4.63. The molecule has 3 nitrogen and oxygen atoms in total. The Kier molecular flexibility index (Phi) is 3.68. The highest BCUT2D eigenvalue weighted by atomic mass is 19.2. The van der Waals surface area contributed by atoms with E-state index in [-0.39, 0.29) is 11.3 Å². The third kappa shape index (κ3) is 2.48. The summed E-state index contributed by atoms with van der Waals surface area (Å²) >= 11 is 0. The summed E-state index contributed by atoms with van der Waals surface area (Å²) in [5, 5.41) is 13.4. The zero-order valence-electron chi connectivity index (χ0n) is 11.2. The fraction of sp³-hybridized carbons (Fsp3) is 0.0625. The van der Waals surface area contributed by atoms with Crippen LogP contribution in [0.5, 0.6) is 0 Å². The van der Waals surface area contributed by atoms with Gasteiger partial charge in [-0.25, -0.2) is 13.2 Å². The summed E-state index contributed by atoms with van der Waals surface area (Å²) < 4.78 is 44.5.